The Morgan fingerprint density at radius 2 is 1.69 bits per heavy atom. The molecule has 0 radical (unpaired) electrons. The van der Waals surface area contributed by atoms with Gasteiger partial charge < -0.3 is 14.4 Å². The van der Waals surface area contributed by atoms with Crippen molar-refractivity contribution in [3.8, 4) is 11.5 Å². The van der Waals surface area contributed by atoms with Crippen LogP contribution in [0.15, 0.2) is 48.5 Å². The maximum absolute atomic E-state index is 6.21. The fraction of sp³-hybridized carbons (Fsp3) is 0.478. The zero-order valence-electron chi connectivity index (χ0n) is 16.3. The number of hydrogen-bond acceptors (Lipinski definition) is 3. The van der Waals surface area contributed by atoms with E-state index < -0.39 is 0 Å². The molecule has 1 aliphatic rings. The molecule has 0 bridgehead atoms. The van der Waals surface area contributed by atoms with E-state index in [0.29, 0.717) is 6.04 Å². The van der Waals surface area contributed by atoms with E-state index >= 15 is 0 Å². The van der Waals surface area contributed by atoms with E-state index in [-0.39, 0.29) is 6.10 Å². The van der Waals surface area contributed by atoms with Crippen LogP contribution >= 0.6 is 0 Å². The third kappa shape index (κ3) is 5.25. The smallest absolute Gasteiger partial charge is 0.119 e. The molecule has 0 aromatic heterocycles. The van der Waals surface area contributed by atoms with Gasteiger partial charge in [0.05, 0.1) is 13.2 Å². The maximum atomic E-state index is 6.21. The number of methoxy groups -OCH3 is 1. The van der Waals surface area contributed by atoms with E-state index in [1.54, 1.807) is 7.11 Å². The molecule has 140 valence electrons. The molecule has 1 saturated heterocycles. The zero-order chi connectivity index (χ0) is 18.4. The number of likely N-dealkylation sites (tertiary alicyclic amines) is 1. The van der Waals surface area contributed by atoms with Crippen molar-refractivity contribution in [1.29, 1.82) is 0 Å². The molecule has 26 heavy (non-hydrogen) atoms. The van der Waals surface area contributed by atoms with Gasteiger partial charge in [0.15, 0.2) is 0 Å². The van der Waals surface area contributed by atoms with E-state index in [9.17, 15) is 0 Å². The van der Waals surface area contributed by atoms with Crippen LogP contribution in [0.1, 0.15) is 37.3 Å². The van der Waals surface area contributed by atoms with Gasteiger partial charge in [0.1, 0.15) is 11.5 Å². The third-order valence-electron chi connectivity index (χ3n) is 5.35. The molecule has 3 nitrogen and oxygen atoms in total. The van der Waals surface area contributed by atoms with Crippen LogP contribution in [0.3, 0.4) is 0 Å². The minimum atomic E-state index is 0.245. The molecule has 2 aromatic carbocycles. The van der Waals surface area contributed by atoms with Gasteiger partial charge in [0, 0.05) is 6.04 Å². The monoisotopic (exact) mass is 353 g/mol. The molecular weight excluding hydrogens is 322 g/mol. The van der Waals surface area contributed by atoms with Crippen molar-refractivity contribution in [2.24, 2.45) is 0 Å². The fourth-order valence-electron chi connectivity index (χ4n) is 3.83. The predicted octanol–water partition coefficient (Wildman–Crippen LogP) is 4.73. The van der Waals surface area contributed by atoms with Crippen molar-refractivity contribution < 1.29 is 9.47 Å². The Labute approximate surface area is 157 Å². The number of rotatable bonds is 8. The topological polar surface area (TPSA) is 21.7 Å². The van der Waals surface area contributed by atoms with Crippen molar-refractivity contribution in [1.82, 2.24) is 4.90 Å². The quantitative estimate of drug-likeness (QED) is 0.685. The first-order valence-corrected chi connectivity index (χ1v) is 9.73. The van der Waals surface area contributed by atoms with Crippen molar-refractivity contribution in [2.75, 3.05) is 20.7 Å². The summed E-state index contributed by atoms with van der Waals surface area (Å²) < 4.78 is 11.5. The largest absolute Gasteiger partial charge is 0.497 e. The van der Waals surface area contributed by atoms with Gasteiger partial charge in [0.25, 0.3) is 0 Å². The van der Waals surface area contributed by atoms with Gasteiger partial charge in [0.2, 0.25) is 0 Å². The first kappa shape index (κ1) is 18.8. The molecule has 1 unspecified atom stereocenters. The molecule has 3 rings (SSSR count). The molecule has 3 heteroatoms. The molecule has 0 spiro atoms. The molecule has 0 amide bonds. The Hall–Kier alpha value is -2.00. The molecule has 0 aliphatic carbocycles. The molecule has 1 aliphatic heterocycles. The van der Waals surface area contributed by atoms with Crippen molar-refractivity contribution in [3.05, 3.63) is 59.7 Å². The van der Waals surface area contributed by atoms with Gasteiger partial charge in [-0.05, 0) is 88.0 Å². The molecule has 2 aromatic rings. The zero-order valence-corrected chi connectivity index (χ0v) is 16.3. The van der Waals surface area contributed by atoms with Gasteiger partial charge in [-0.1, -0.05) is 24.3 Å². The van der Waals surface area contributed by atoms with E-state index in [2.05, 4.69) is 61.3 Å². The Bertz CT molecular complexity index is 700. The van der Waals surface area contributed by atoms with E-state index in [0.717, 1.165) is 30.8 Å². The summed E-state index contributed by atoms with van der Waals surface area (Å²) in [5.41, 5.74) is 2.61. The van der Waals surface area contributed by atoms with Gasteiger partial charge in [-0.2, -0.15) is 0 Å². The van der Waals surface area contributed by atoms with Crippen LogP contribution in [0.25, 0.3) is 0 Å². The highest BCUT2D eigenvalue weighted by molar-refractivity contribution is 5.32. The second-order valence-electron chi connectivity index (χ2n) is 7.44. The van der Waals surface area contributed by atoms with Crippen LogP contribution in [0.4, 0.5) is 0 Å². The van der Waals surface area contributed by atoms with Gasteiger partial charge in [-0.15, -0.1) is 0 Å². The highest BCUT2D eigenvalue weighted by Crippen LogP contribution is 2.23. The predicted molar refractivity (Wildman–Crippen MR) is 107 cm³/mol. The number of ether oxygens (including phenoxy) is 2. The van der Waals surface area contributed by atoms with E-state index in [1.807, 2.05) is 6.07 Å². The van der Waals surface area contributed by atoms with Gasteiger partial charge in [-0.25, -0.2) is 0 Å². The summed E-state index contributed by atoms with van der Waals surface area (Å²) in [5, 5.41) is 0. The van der Waals surface area contributed by atoms with Crippen LogP contribution in [-0.2, 0) is 12.8 Å². The maximum Gasteiger partial charge on any atom is 0.119 e. The second-order valence-corrected chi connectivity index (χ2v) is 7.44. The fourth-order valence-corrected chi connectivity index (χ4v) is 3.83. The highest BCUT2D eigenvalue weighted by Gasteiger charge is 2.23. The Kier molecular flexibility index (Phi) is 6.56. The molecule has 1 fully saturated rings. The lowest BCUT2D eigenvalue weighted by atomic mass is 10.0. The summed E-state index contributed by atoms with van der Waals surface area (Å²) >= 11 is 0. The SMILES string of the molecule is COc1cccc(CCc2cccc(OC(C)C[C@@H]3CCCN3C)c2)c1. The van der Waals surface area contributed by atoms with Crippen molar-refractivity contribution >= 4 is 0 Å². The Morgan fingerprint density at radius 3 is 2.31 bits per heavy atom. The first-order valence-electron chi connectivity index (χ1n) is 9.73. The van der Waals surface area contributed by atoms with Crippen LogP contribution in [-0.4, -0.2) is 37.7 Å². The Morgan fingerprint density at radius 1 is 1.04 bits per heavy atom. The third-order valence-corrected chi connectivity index (χ3v) is 5.35. The van der Waals surface area contributed by atoms with E-state index in [4.69, 9.17) is 9.47 Å². The average molecular weight is 354 g/mol. The number of aryl methyl sites for hydroxylation is 2. The van der Waals surface area contributed by atoms with E-state index in [1.165, 1.54) is 30.5 Å². The minimum Gasteiger partial charge on any atom is -0.497 e. The average Bonchev–Trinajstić information content (AvgIpc) is 3.05. The van der Waals surface area contributed by atoms with Crippen LogP contribution in [0, 0.1) is 0 Å². The summed E-state index contributed by atoms with van der Waals surface area (Å²) in [5.74, 6) is 1.91. The Balaban J connectivity index is 1.53. The lowest BCUT2D eigenvalue weighted by Gasteiger charge is -2.24. The molecule has 1 heterocycles. The van der Waals surface area contributed by atoms with Crippen molar-refractivity contribution in [3.63, 3.8) is 0 Å². The molecule has 0 N–H and O–H groups in total. The summed E-state index contributed by atoms with van der Waals surface area (Å²) in [6, 6.07) is 17.5. The lowest BCUT2D eigenvalue weighted by molar-refractivity contribution is 0.165. The molecular formula is C23H31NO2. The molecule has 2 atom stereocenters. The van der Waals surface area contributed by atoms with Crippen molar-refractivity contribution in [2.45, 2.75) is 51.2 Å². The second kappa shape index (κ2) is 9.09. The summed E-state index contributed by atoms with van der Waals surface area (Å²) in [7, 11) is 3.94. The standard InChI is InChI=1S/C23H31NO2/c1-18(15-21-9-6-14-24(21)2)26-23-11-5-8-20(17-23)13-12-19-7-4-10-22(16-19)25-3/h4-5,7-8,10-11,16-18,21H,6,9,12-15H2,1-3H3/t18?,21-/m0/s1. The van der Waals surface area contributed by atoms with Crippen LogP contribution in [0.2, 0.25) is 0 Å². The number of benzene rings is 2. The van der Waals surface area contributed by atoms with Crippen LogP contribution < -0.4 is 9.47 Å². The number of hydrogen-bond donors (Lipinski definition) is 0. The van der Waals surface area contributed by atoms with Crippen LogP contribution in [0.5, 0.6) is 11.5 Å². The highest BCUT2D eigenvalue weighted by atomic mass is 16.5. The molecule has 0 saturated carbocycles. The van der Waals surface area contributed by atoms with Gasteiger partial charge >= 0.3 is 0 Å². The summed E-state index contributed by atoms with van der Waals surface area (Å²) in [6.07, 6.45) is 5.96. The first-order chi connectivity index (χ1) is 12.6. The normalized spacial score (nSPS) is 18.7. The van der Waals surface area contributed by atoms with Gasteiger partial charge in [-0.3, -0.25) is 0 Å². The minimum absolute atomic E-state index is 0.245. The summed E-state index contributed by atoms with van der Waals surface area (Å²) in [4.78, 5) is 2.46. The summed E-state index contributed by atoms with van der Waals surface area (Å²) in [6.45, 7) is 3.41. The number of nitrogens with zero attached hydrogens (tertiary/aromatic N) is 1. The lowest BCUT2D eigenvalue weighted by Crippen LogP contribution is -2.30.